The van der Waals surface area contributed by atoms with Gasteiger partial charge in [0.15, 0.2) is 5.69 Å². The van der Waals surface area contributed by atoms with Crippen molar-refractivity contribution in [3.05, 3.63) is 381 Å². The first kappa shape index (κ1) is 109. The van der Waals surface area contributed by atoms with Crippen LogP contribution in [0.3, 0.4) is 0 Å². The molecular weight excluding hydrogens is 1930 g/mol. The molecule has 0 aliphatic carbocycles. The number of nitrogens with zero attached hydrogens (tertiary/aromatic N) is 9. The van der Waals surface area contributed by atoms with Gasteiger partial charge in [0.1, 0.15) is 82.8 Å². The normalized spacial score (nSPS) is 17.4. The van der Waals surface area contributed by atoms with E-state index >= 15 is 0 Å². The summed E-state index contributed by atoms with van der Waals surface area (Å²) in [4.78, 5) is 265. The number of carboxylic acid groups (broad SMARTS) is 1. The number of hydrogen-bond donors (Lipinski definition) is 11. The van der Waals surface area contributed by atoms with Crippen molar-refractivity contribution in [1.29, 1.82) is 0 Å². The van der Waals surface area contributed by atoms with Gasteiger partial charge in [0.25, 0.3) is 98.0 Å². The van der Waals surface area contributed by atoms with Crippen LogP contribution in [0.15, 0.2) is 258 Å². The van der Waals surface area contributed by atoms with Crippen molar-refractivity contribution < 1.29 is 86.7 Å². The van der Waals surface area contributed by atoms with Crippen LogP contribution in [-0.2, 0) is 57.0 Å². The maximum atomic E-state index is 14.5. The SMILES string of the molecule is Cn1c(C(=O)N2CCCCN(C(=O)c3cccc(=O)n3OCc3ccccc3)CCCNC(=O)c3ccc(n(C)c3=O)C(=O)N[C@@H]3COC[C@@H]3NC(=O)c3ccc(c(=O)n3OCc3ccccc3)C(=O)NCCC2)cccc1=O.Cn1c2ccc(c1=O)C(=O)NCCCNCCCCNCCCNC(=O)c1ccc(n(OCc3ccccc3)c1=O)C(=O)N[C@H]1COC[C@H]1NC2=O.O=C(O)c1cccc(=O)n1OCc1ccccc1. The van der Waals surface area contributed by atoms with E-state index in [4.69, 9.17) is 33.9 Å². The molecule has 2 fully saturated rings. The predicted molar refractivity (Wildman–Crippen MR) is 542 cm³/mol. The number of rotatable bonds is 15. The van der Waals surface area contributed by atoms with E-state index in [1.165, 1.54) is 139 Å². The van der Waals surface area contributed by atoms with E-state index in [0.717, 1.165) is 70.7 Å². The minimum absolute atomic E-state index is 0.00275. The summed E-state index contributed by atoms with van der Waals surface area (Å²) in [6.45, 7) is 4.02. The van der Waals surface area contributed by atoms with Crippen LogP contribution in [0.1, 0.15) is 188 Å². The van der Waals surface area contributed by atoms with Gasteiger partial charge < -0.3 is 111 Å². The molecule has 7 aromatic heterocycles. The summed E-state index contributed by atoms with van der Waals surface area (Å²) in [5, 5.41) is 37.8. The highest BCUT2D eigenvalue weighted by Gasteiger charge is 2.37. The summed E-state index contributed by atoms with van der Waals surface area (Å²) in [5.74, 6) is -7.68. The Kier molecular flexibility index (Phi) is 39.6. The lowest BCUT2D eigenvalue weighted by molar-refractivity contribution is 0.0533. The number of pyridine rings is 7. The topological polar surface area (TPSA) is 544 Å². The van der Waals surface area contributed by atoms with Crippen molar-refractivity contribution in [2.24, 2.45) is 21.1 Å². The van der Waals surface area contributed by atoms with Crippen LogP contribution in [0.2, 0.25) is 0 Å². The molecule has 10 amide bonds. The number of fused-ring (bicyclic) bond motifs is 4. The molecule has 15 heterocycles. The largest absolute Gasteiger partial charge is 0.476 e. The molecule has 0 radical (unpaired) electrons. The summed E-state index contributed by atoms with van der Waals surface area (Å²) >= 11 is 0. The van der Waals surface area contributed by atoms with Crippen LogP contribution in [-0.4, -0.2) is 242 Å². The molecule has 149 heavy (non-hydrogen) atoms. The van der Waals surface area contributed by atoms with E-state index in [-0.39, 0.29) is 167 Å². The number of amides is 10. The average molecular weight is 2050 g/mol. The van der Waals surface area contributed by atoms with E-state index in [0.29, 0.717) is 57.4 Å². The van der Waals surface area contributed by atoms with Crippen LogP contribution in [0.4, 0.5) is 0 Å². The van der Waals surface area contributed by atoms with Crippen LogP contribution in [0.5, 0.6) is 0 Å². The molecule has 0 spiro atoms. The Morgan fingerprint density at radius 1 is 0.282 bits per heavy atom. The number of aromatic nitrogens is 7. The fourth-order valence-electron chi connectivity index (χ4n) is 16.3. The van der Waals surface area contributed by atoms with Gasteiger partial charge in [-0.25, -0.2) is 4.79 Å². The van der Waals surface area contributed by atoms with E-state index in [2.05, 4.69) is 53.2 Å². The number of hydrogen-bond acceptors (Lipinski definition) is 26. The smallest absolute Gasteiger partial charge is 0.356 e. The molecule has 44 nitrogen and oxygen atoms in total. The number of carbonyl (C=O) groups excluding carboxylic acids is 10. The van der Waals surface area contributed by atoms with Crippen molar-refractivity contribution in [2.45, 2.75) is 102 Å². The number of aromatic carboxylic acids is 1. The Hall–Kier alpha value is -17.3. The van der Waals surface area contributed by atoms with Crippen molar-refractivity contribution >= 4 is 65.0 Å². The second-order valence-electron chi connectivity index (χ2n) is 35.0. The first-order chi connectivity index (χ1) is 72.1. The quantitative estimate of drug-likeness (QED) is 0.0691. The summed E-state index contributed by atoms with van der Waals surface area (Å²) < 4.78 is 17.8. The molecule has 0 unspecified atom stereocenters. The molecule has 2 saturated heterocycles. The van der Waals surface area contributed by atoms with Crippen molar-refractivity contribution in [3.63, 3.8) is 0 Å². The van der Waals surface area contributed by atoms with Crippen molar-refractivity contribution in [3.8, 4) is 0 Å². The molecule has 8 aliphatic heterocycles. The maximum Gasteiger partial charge on any atom is 0.356 e. The number of benzene rings is 4. The minimum atomic E-state index is -1.21. The highest BCUT2D eigenvalue weighted by atomic mass is 16.7. The molecule has 44 heteroatoms. The second-order valence-corrected chi connectivity index (χ2v) is 35.0. The molecule has 4 atom stereocenters. The molecule has 782 valence electrons. The van der Waals surface area contributed by atoms with E-state index in [9.17, 15) is 86.3 Å². The predicted octanol–water partition coefficient (Wildman–Crippen LogP) is 1.40. The van der Waals surface area contributed by atoms with Crippen molar-refractivity contribution in [2.75, 3.05) is 105 Å². The van der Waals surface area contributed by atoms with Gasteiger partial charge in [-0.15, -0.1) is 18.9 Å². The highest BCUT2D eigenvalue weighted by molar-refractivity contribution is 6.00. The number of carbonyl (C=O) groups is 11. The third-order valence-corrected chi connectivity index (χ3v) is 24.6. The van der Waals surface area contributed by atoms with Gasteiger partial charge in [0.2, 0.25) is 0 Å². The third kappa shape index (κ3) is 29.6. The number of carboxylic acids is 1. The Labute approximate surface area is 852 Å². The van der Waals surface area contributed by atoms with Crippen LogP contribution >= 0.6 is 0 Å². The van der Waals surface area contributed by atoms with E-state index in [1.54, 1.807) is 42.5 Å². The lowest BCUT2D eigenvalue weighted by Gasteiger charge is -2.26. The average Bonchev–Trinajstić information content (AvgIpc) is 1.76. The minimum Gasteiger partial charge on any atom is -0.476 e. The summed E-state index contributed by atoms with van der Waals surface area (Å²) in [7, 11) is 4.21. The van der Waals surface area contributed by atoms with Crippen LogP contribution in [0, 0.1) is 0 Å². The van der Waals surface area contributed by atoms with Crippen LogP contribution < -0.4 is 111 Å². The van der Waals surface area contributed by atoms with Crippen LogP contribution in [0.25, 0.3) is 0 Å². The van der Waals surface area contributed by atoms with Gasteiger partial charge in [0, 0.05) is 91.7 Å². The van der Waals surface area contributed by atoms with Gasteiger partial charge >= 0.3 is 5.97 Å². The zero-order valence-electron chi connectivity index (χ0n) is 82.2. The Balaban J connectivity index is 0.000000224. The van der Waals surface area contributed by atoms with Gasteiger partial charge in [0.05, 0.1) is 50.6 Å². The molecule has 8 aliphatic rings. The third-order valence-electron chi connectivity index (χ3n) is 24.6. The molecule has 0 saturated carbocycles. The fraction of sp³-hybridized carbons (Fsp3) is 0.333. The van der Waals surface area contributed by atoms with E-state index in [1.807, 2.05) is 78.9 Å². The molecule has 8 bridgehead atoms. The fourth-order valence-corrected chi connectivity index (χ4v) is 16.3. The van der Waals surface area contributed by atoms with Gasteiger partial charge in [-0.2, -0.15) is 0 Å². The lowest BCUT2D eigenvalue weighted by Crippen LogP contribution is -2.52. The Bertz CT molecular complexity index is 7070. The van der Waals surface area contributed by atoms with Gasteiger partial charge in [-0.3, -0.25) is 81.5 Å². The first-order valence-corrected chi connectivity index (χ1v) is 48.6. The summed E-state index contributed by atoms with van der Waals surface area (Å²) in [6.07, 6.45) is 4.27. The van der Waals surface area contributed by atoms with Crippen molar-refractivity contribution in [1.82, 2.24) is 95.6 Å². The number of nitrogens with one attached hydrogen (secondary N) is 10. The Morgan fingerprint density at radius 3 is 0.933 bits per heavy atom. The monoisotopic (exact) mass is 2040 g/mol. The summed E-state index contributed by atoms with van der Waals surface area (Å²) in [5.41, 5.74) is -3.22. The van der Waals surface area contributed by atoms with E-state index < -0.39 is 128 Å². The lowest BCUT2D eigenvalue weighted by atomic mass is 10.1. The summed E-state index contributed by atoms with van der Waals surface area (Å²) in [6, 6.07) is 55.8. The first-order valence-electron chi connectivity index (χ1n) is 48.6. The number of ether oxygens (including phenoxy) is 2. The van der Waals surface area contributed by atoms with Gasteiger partial charge in [-0.1, -0.05) is 140 Å². The molecule has 11 aromatic rings. The second kappa shape index (κ2) is 54.1. The molecule has 19 rings (SSSR count). The highest BCUT2D eigenvalue weighted by Crippen LogP contribution is 2.18. The van der Waals surface area contributed by atoms with Gasteiger partial charge in [-0.05, 0) is 167 Å². The standard InChI is InChI=1S/C56H60N10O13.C36H46N8O8.C13H11NO4/c1-61-45(19-11-21-47(61)67)55(75)63-29-9-10-30-64(56(76)46-20-12-22-48(68)65(46)78-33-37-15-5-3-6-16-37)32-14-27-57-49(69)39-23-25-43(62(2)53(39)73)51(71)59-41-35-77-36-42(41)60-52(72)44-26-24-40(50(70)58-28-13-31-63)54(74)66(44)79-34-38-17-7-4-8-18-38;1-43-29-13-11-25(35(43)49)31(45)39-19-7-17-37-15-5-6-16-38-18-8-20-40-32(46)26-12-14-30(34(48)42-28-23-51-22-27(28)41-33(29)47)44(36(26)50)52-21-24-9-3-2-4-10-24;15-12-8-4-7-11(13(16)17)14(12)18-9-10-5-2-1-3-6-10/h3-8,11-12,15-26,41-42H,9-10,13-14,27-36H2,1-2H3,(H,57,69)(H,58,70)(H,59,71)(H,60,72);2-4,9-14,27-28,37-38H,5-8,15-23H2,1H3,(H,39,45)(H,40,46)(H,41,47)(H,42,48);1-8H,9H2,(H,16,17)/t41-,42+;27-,28+;/m11./s1. The molecule has 4 aromatic carbocycles. The maximum absolute atomic E-state index is 14.5. The Morgan fingerprint density at radius 2 is 0.570 bits per heavy atom. The zero-order valence-corrected chi connectivity index (χ0v) is 82.2. The molecule has 11 N–H and O–H groups in total. The zero-order chi connectivity index (χ0) is 106. The molecular formula is C105H117N19O25.